The average Bonchev–Trinajstić information content (AvgIpc) is 3.28. The molecule has 0 aliphatic carbocycles. The maximum atomic E-state index is 14.0. The van der Waals surface area contributed by atoms with Crippen molar-refractivity contribution < 1.29 is 31.1 Å². The molecule has 0 saturated carbocycles. The zero-order valence-electron chi connectivity index (χ0n) is 19.0. The fourth-order valence-electron chi connectivity index (χ4n) is 4.27. The standard InChI is InChI=1S/C23H24F3N3O4S2/c1-29(22(30)15-8-11-35(31,32)12-9-15)21(23(24,25)26)14-3-5-16(6-4-14)28-18-13-27-17-7-10-34-20(17)19(18)33-2/h3-7,10,13,15,21,28H,8-9,11-12H2,1-2H3/t21-/m0/s1. The van der Waals surface area contributed by atoms with Crippen LogP contribution >= 0.6 is 11.3 Å². The molecule has 1 saturated heterocycles. The van der Waals surface area contributed by atoms with Crippen molar-refractivity contribution in [1.82, 2.24) is 9.88 Å². The van der Waals surface area contributed by atoms with Gasteiger partial charge in [0.25, 0.3) is 0 Å². The summed E-state index contributed by atoms with van der Waals surface area (Å²) in [6.45, 7) is 0. The summed E-state index contributed by atoms with van der Waals surface area (Å²) in [5.41, 5.74) is 1.78. The van der Waals surface area contributed by atoms with Gasteiger partial charge in [-0.2, -0.15) is 13.2 Å². The number of amides is 1. The number of halogens is 3. The number of ether oxygens (including phenoxy) is 1. The molecule has 35 heavy (non-hydrogen) atoms. The van der Waals surface area contributed by atoms with E-state index in [4.69, 9.17) is 4.74 Å². The first-order valence-corrected chi connectivity index (χ1v) is 13.5. The Labute approximate surface area is 204 Å². The van der Waals surface area contributed by atoms with E-state index in [0.717, 1.165) is 17.3 Å². The summed E-state index contributed by atoms with van der Waals surface area (Å²) in [5.74, 6) is -1.25. The van der Waals surface area contributed by atoms with Gasteiger partial charge in [-0.25, -0.2) is 8.42 Å². The van der Waals surface area contributed by atoms with Gasteiger partial charge in [0.05, 0.1) is 35.0 Å². The van der Waals surface area contributed by atoms with E-state index in [9.17, 15) is 26.4 Å². The Balaban J connectivity index is 1.55. The zero-order chi connectivity index (χ0) is 25.4. The third-order valence-corrected chi connectivity index (χ3v) is 8.70. The first kappa shape index (κ1) is 25.2. The van der Waals surface area contributed by atoms with Gasteiger partial charge < -0.3 is 15.0 Å². The van der Waals surface area contributed by atoms with E-state index in [0.29, 0.717) is 22.0 Å². The molecule has 12 heteroatoms. The number of nitrogens with zero attached hydrogens (tertiary/aromatic N) is 2. The molecule has 0 unspecified atom stereocenters. The lowest BCUT2D eigenvalue weighted by Crippen LogP contribution is -2.44. The summed E-state index contributed by atoms with van der Waals surface area (Å²) in [5, 5.41) is 5.01. The smallest absolute Gasteiger partial charge is 0.413 e. The minimum Gasteiger partial charge on any atom is -0.493 e. The van der Waals surface area contributed by atoms with E-state index >= 15 is 0 Å². The number of pyridine rings is 1. The molecule has 0 bridgehead atoms. The molecule has 0 radical (unpaired) electrons. The summed E-state index contributed by atoms with van der Waals surface area (Å²) in [6, 6.07) is 5.34. The minimum atomic E-state index is -4.71. The summed E-state index contributed by atoms with van der Waals surface area (Å²) in [7, 11) is -0.586. The first-order chi connectivity index (χ1) is 16.5. The van der Waals surface area contributed by atoms with E-state index < -0.39 is 33.9 Å². The van der Waals surface area contributed by atoms with Crippen LogP contribution in [0.2, 0.25) is 0 Å². The van der Waals surface area contributed by atoms with Crippen molar-refractivity contribution >= 4 is 48.7 Å². The van der Waals surface area contributed by atoms with Crippen molar-refractivity contribution in [2.24, 2.45) is 5.92 Å². The van der Waals surface area contributed by atoms with E-state index in [-0.39, 0.29) is 29.9 Å². The lowest BCUT2D eigenvalue weighted by Gasteiger charge is -2.34. The molecule has 1 fully saturated rings. The molecule has 1 atom stereocenters. The van der Waals surface area contributed by atoms with Crippen LogP contribution in [0.3, 0.4) is 0 Å². The van der Waals surface area contributed by atoms with Crippen molar-refractivity contribution in [3.63, 3.8) is 0 Å². The van der Waals surface area contributed by atoms with Gasteiger partial charge in [0, 0.05) is 18.7 Å². The molecule has 3 heterocycles. The minimum absolute atomic E-state index is 0.0311. The van der Waals surface area contributed by atoms with Gasteiger partial charge in [0.15, 0.2) is 11.8 Å². The number of carbonyl (C=O) groups excluding carboxylic acids is 1. The second kappa shape index (κ2) is 9.65. The largest absolute Gasteiger partial charge is 0.493 e. The SMILES string of the molecule is COc1c(Nc2ccc([C@H](N(C)C(=O)C3CCS(=O)(=O)CC3)C(F)(F)F)cc2)cnc2ccsc12. The Morgan fingerprint density at radius 2 is 1.86 bits per heavy atom. The van der Waals surface area contributed by atoms with Gasteiger partial charge in [0.1, 0.15) is 15.5 Å². The molecule has 1 amide bonds. The Morgan fingerprint density at radius 3 is 2.46 bits per heavy atom. The van der Waals surface area contributed by atoms with Crippen LogP contribution in [0.1, 0.15) is 24.4 Å². The molecular formula is C23H24F3N3O4S2. The zero-order valence-corrected chi connectivity index (χ0v) is 20.6. The molecule has 188 valence electrons. The highest BCUT2D eigenvalue weighted by molar-refractivity contribution is 7.91. The fourth-order valence-corrected chi connectivity index (χ4v) is 6.64. The van der Waals surface area contributed by atoms with Crippen LogP contribution in [0, 0.1) is 5.92 Å². The number of hydrogen-bond acceptors (Lipinski definition) is 7. The second-order valence-electron chi connectivity index (χ2n) is 8.41. The Kier molecular flexibility index (Phi) is 6.96. The number of rotatable bonds is 6. The maximum Gasteiger partial charge on any atom is 0.413 e. The van der Waals surface area contributed by atoms with Crippen LogP contribution < -0.4 is 10.1 Å². The third kappa shape index (κ3) is 5.37. The number of aromatic nitrogens is 1. The van der Waals surface area contributed by atoms with Crippen molar-refractivity contribution in [3.05, 3.63) is 47.5 Å². The maximum absolute atomic E-state index is 14.0. The number of benzene rings is 1. The predicted octanol–water partition coefficient (Wildman–Crippen LogP) is 4.94. The van der Waals surface area contributed by atoms with Crippen molar-refractivity contribution in [2.45, 2.75) is 25.1 Å². The van der Waals surface area contributed by atoms with Crippen molar-refractivity contribution in [3.8, 4) is 5.75 Å². The van der Waals surface area contributed by atoms with E-state index in [1.807, 2.05) is 11.4 Å². The van der Waals surface area contributed by atoms with E-state index in [2.05, 4.69) is 10.3 Å². The third-order valence-electron chi connectivity index (χ3n) is 6.09. The molecular weight excluding hydrogens is 503 g/mol. The molecule has 1 N–H and O–H groups in total. The number of hydrogen-bond donors (Lipinski definition) is 1. The number of methoxy groups -OCH3 is 1. The highest BCUT2D eigenvalue weighted by Crippen LogP contribution is 2.40. The Morgan fingerprint density at radius 1 is 1.20 bits per heavy atom. The van der Waals surface area contributed by atoms with E-state index in [1.165, 1.54) is 42.7 Å². The molecule has 3 aromatic rings. The number of fused-ring (bicyclic) bond motifs is 1. The van der Waals surface area contributed by atoms with Gasteiger partial charge in [-0.05, 0) is 42.0 Å². The summed E-state index contributed by atoms with van der Waals surface area (Å²) >= 11 is 1.47. The number of sulfone groups is 1. The summed E-state index contributed by atoms with van der Waals surface area (Å²) < 4.78 is 71.7. The molecule has 1 aliphatic heterocycles. The quantitative estimate of drug-likeness (QED) is 0.489. The molecule has 2 aromatic heterocycles. The summed E-state index contributed by atoms with van der Waals surface area (Å²) in [4.78, 5) is 17.9. The fraction of sp³-hybridized carbons (Fsp3) is 0.391. The van der Waals surface area contributed by atoms with Crippen molar-refractivity contribution in [1.29, 1.82) is 0 Å². The first-order valence-electron chi connectivity index (χ1n) is 10.8. The molecule has 1 aliphatic rings. The predicted molar refractivity (Wildman–Crippen MR) is 129 cm³/mol. The van der Waals surface area contributed by atoms with Crippen LogP contribution in [-0.2, 0) is 14.6 Å². The van der Waals surface area contributed by atoms with Gasteiger partial charge >= 0.3 is 6.18 Å². The number of nitrogens with one attached hydrogen (secondary N) is 1. The van der Waals surface area contributed by atoms with Crippen LogP contribution in [0.4, 0.5) is 24.5 Å². The van der Waals surface area contributed by atoms with Crippen LogP contribution in [0.5, 0.6) is 5.75 Å². The number of alkyl halides is 3. The number of carbonyl (C=O) groups is 1. The molecule has 1 aromatic carbocycles. The summed E-state index contributed by atoms with van der Waals surface area (Å²) in [6.07, 6.45) is -3.05. The monoisotopic (exact) mass is 527 g/mol. The van der Waals surface area contributed by atoms with Gasteiger partial charge in [-0.1, -0.05) is 12.1 Å². The molecule has 4 rings (SSSR count). The number of anilines is 2. The Hall–Kier alpha value is -2.86. The normalized spacial score (nSPS) is 17.2. The molecule has 7 nitrogen and oxygen atoms in total. The van der Waals surface area contributed by atoms with Crippen LogP contribution in [0.25, 0.3) is 10.2 Å². The highest BCUT2D eigenvalue weighted by Gasteiger charge is 2.46. The second-order valence-corrected chi connectivity index (χ2v) is 11.6. The van der Waals surface area contributed by atoms with Gasteiger partial charge in [-0.15, -0.1) is 11.3 Å². The molecule has 0 spiro atoms. The highest BCUT2D eigenvalue weighted by atomic mass is 32.2. The van der Waals surface area contributed by atoms with Crippen LogP contribution in [0.15, 0.2) is 41.9 Å². The number of thiophene rings is 1. The lowest BCUT2D eigenvalue weighted by molar-refractivity contribution is -0.190. The van der Waals surface area contributed by atoms with Gasteiger partial charge in [0.2, 0.25) is 5.91 Å². The van der Waals surface area contributed by atoms with E-state index in [1.54, 1.807) is 6.20 Å². The Bertz CT molecular complexity index is 1310. The van der Waals surface area contributed by atoms with Crippen molar-refractivity contribution in [2.75, 3.05) is 31.0 Å². The average molecular weight is 528 g/mol. The topological polar surface area (TPSA) is 88.6 Å². The van der Waals surface area contributed by atoms with Gasteiger partial charge in [-0.3, -0.25) is 9.78 Å². The lowest BCUT2D eigenvalue weighted by atomic mass is 9.98. The van der Waals surface area contributed by atoms with Crippen LogP contribution in [-0.4, -0.2) is 56.0 Å².